The van der Waals surface area contributed by atoms with Gasteiger partial charge in [-0.05, 0) is 44.9 Å². The SMILES string of the molecule is Cc1nn(C)c(C)c1CC(C)NC(=O)c1ccnc(C(=O)O)c1. The summed E-state index contributed by atoms with van der Waals surface area (Å²) in [7, 11) is 1.89. The Morgan fingerprint density at radius 3 is 2.65 bits per heavy atom. The number of nitrogens with zero attached hydrogens (tertiary/aromatic N) is 3. The van der Waals surface area contributed by atoms with Crippen LogP contribution in [0.25, 0.3) is 0 Å². The van der Waals surface area contributed by atoms with Crippen molar-refractivity contribution < 1.29 is 14.7 Å². The molecule has 0 aromatic carbocycles. The first kappa shape index (κ1) is 16.7. The molecule has 0 fully saturated rings. The Balaban J connectivity index is 2.08. The average molecular weight is 316 g/mol. The van der Waals surface area contributed by atoms with Crippen molar-refractivity contribution >= 4 is 11.9 Å². The van der Waals surface area contributed by atoms with Crippen molar-refractivity contribution in [3.05, 3.63) is 46.5 Å². The molecule has 0 saturated heterocycles. The Kier molecular flexibility index (Phi) is 4.78. The van der Waals surface area contributed by atoms with E-state index in [1.807, 2.05) is 32.5 Å². The monoisotopic (exact) mass is 316 g/mol. The molecular formula is C16H20N4O3. The third kappa shape index (κ3) is 3.74. The van der Waals surface area contributed by atoms with Gasteiger partial charge in [0.05, 0.1) is 5.69 Å². The fraction of sp³-hybridized carbons (Fsp3) is 0.375. The van der Waals surface area contributed by atoms with E-state index in [2.05, 4.69) is 15.4 Å². The van der Waals surface area contributed by atoms with Gasteiger partial charge in [-0.2, -0.15) is 5.10 Å². The summed E-state index contributed by atoms with van der Waals surface area (Å²) < 4.78 is 1.82. The van der Waals surface area contributed by atoms with Crippen LogP contribution in [0.1, 0.15) is 44.7 Å². The van der Waals surface area contributed by atoms with Gasteiger partial charge in [0.1, 0.15) is 5.69 Å². The summed E-state index contributed by atoms with van der Waals surface area (Å²) in [5, 5.41) is 16.2. The Morgan fingerprint density at radius 1 is 1.39 bits per heavy atom. The minimum atomic E-state index is -1.16. The van der Waals surface area contributed by atoms with E-state index < -0.39 is 5.97 Å². The number of rotatable bonds is 5. The number of carboxylic acid groups (broad SMARTS) is 1. The van der Waals surface area contributed by atoms with E-state index in [4.69, 9.17) is 5.11 Å². The van der Waals surface area contributed by atoms with Crippen molar-refractivity contribution in [2.24, 2.45) is 7.05 Å². The Hall–Kier alpha value is -2.70. The van der Waals surface area contributed by atoms with Crippen LogP contribution in [0.2, 0.25) is 0 Å². The topological polar surface area (TPSA) is 97.1 Å². The number of carbonyl (C=O) groups is 2. The van der Waals surface area contributed by atoms with E-state index in [0.29, 0.717) is 6.42 Å². The molecule has 2 rings (SSSR count). The maximum Gasteiger partial charge on any atom is 0.354 e. The molecule has 23 heavy (non-hydrogen) atoms. The van der Waals surface area contributed by atoms with Gasteiger partial charge in [-0.25, -0.2) is 9.78 Å². The van der Waals surface area contributed by atoms with Gasteiger partial charge in [-0.1, -0.05) is 0 Å². The lowest BCUT2D eigenvalue weighted by Gasteiger charge is -2.14. The molecule has 2 N–H and O–H groups in total. The number of amides is 1. The normalized spacial score (nSPS) is 12.0. The molecule has 122 valence electrons. The Morgan fingerprint density at radius 2 is 2.09 bits per heavy atom. The first-order valence-electron chi connectivity index (χ1n) is 7.29. The first-order valence-corrected chi connectivity index (χ1v) is 7.29. The summed E-state index contributed by atoms with van der Waals surface area (Å²) in [6.07, 6.45) is 1.98. The molecule has 0 saturated carbocycles. The summed E-state index contributed by atoms with van der Waals surface area (Å²) in [6.45, 7) is 5.84. The molecule has 0 bridgehead atoms. The maximum absolute atomic E-state index is 12.2. The number of hydrogen-bond acceptors (Lipinski definition) is 4. The largest absolute Gasteiger partial charge is 0.477 e. The highest BCUT2D eigenvalue weighted by molar-refractivity contribution is 5.96. The fourth-order valence-electron chi connectivity index (χ4n) is 2.47. The second kappa shape index (κ2) is 6.60. The molecule has 1 atom stereocenters. The van der Waals surface area contributed by atoms with E-state index in [1.54, 1.807) is 0 Å². The predicted octanol–water partition coefficient (Wildman–Crippen LogP) is 1.49. The molecule has 7 nitrogen and oxygen atoms in total. The minimum absolute atomic E-state index is 0.106. The number of carbonyl (C=O) groups excluding carboxylic acids is 1. The van der Waals surface area contributed by atoms with Gasteiger partial charge in [0.15, 0.2) is 0 Å². The van der Waals surface area contributed by atoms with Gasteiger partial charge in [0.2, 0.25) is 0 Å². The Bertz CT molecular complexity index is 752. The van der Waals surface area contributed by atoms with Crippen LogP contribution in [-0.2, 0) is 13.5 Å². The highest BCUT2D eigenvalue weighted by Crippen LogP contribution is 2.14. The van der Waals surface area contributed by atoms with E-state index in [1.165, 1.54) is 18.3 Å². The van der Waals surface area contributed by atoms with Gasteiger partial charge in [-0.15, -0.1) is 0 Å². The lowest BCUT2D eigenvalue weighted by molar-refractivity contribution is 0.0690. The average Bonchev–Trinajstić information content (AvgIpc) is 2.73. The van der Waals surface area contributed by atoms with Crippen LogP contribution in [0.4, 0.5) is 0 Å². The van der Waals surface area contributed by atoms with E-state index in [9.17, 15) is 9.59 Å². The third-order valence-electron chi connectivity index (χ3n) is 3.79. The second-order valence-electron chi connectivity index (χ2n) is 5.59. The number of hydrogen-bond donors (Lipinski definition) is 2. The fourth-order valence-corrected chi connectivity index (χ4v) is 2.47. The van der Waals surface area contributed by atoms with E-state index >= 15 is 0 Å². The molecule has 2 aromatic heterocycles. The zero-order valence-electron chi connectivity index (χ0n) is 13.6. The molecule has 0 aliphatic heterocycles. The standard InChI is InChI=1S/C16H20N4O3/c1-9(7-13-10(2)19-20(4)11(13)3)18-15(21)12-5-6-17-14(8-12)16(22)23/h5-6,8-9H,7H2,1-4H3,(H,18,21)(H,22,23). The van der Waals surface area contributed by atoms with Gasteiger partial charge in [-0.3, -0.25) is 9.48 Å². The number of aromatic carboxylic acids is 1. The van der Waals surface area contributed by atoms with Crippen molar-refractivity contribution in [2.45, 2.75) is 33.2 Å². The molecular weight excluding hydrogens is 296 g/mol. The van der Waals surface area contributed by atoms with Gasteiger partial charge in [0, 0.05) is 30.5 Å². The smallest absolute Gasteiger partial charge is 0.354 e. The van der Waals surface area contributed by atoms with E-state index in [0.717, 1.165) is 17.0 Å². The van der Waals surface area contributed by atoms with Crippen LogP contribution < -0.4 is 5.32 Å². The Labute approximate surface area is 134 Å². The summed E-state index contributed by atoms with van der Waals surface area (Å²) in [4.78, 5) is 26.9. The van der Waals surface area contributed by atoms with Crippen LogP contribution in [-0.4, -0.2) is 37.8 Å². The zero-order chi connectivity index (χ0) is 17.1. The molecule has 1 amide bonds. The second-order valence-corrected chi connectivity index (χ2v) is 5.59. The number of pyridine rings is 1. The van der Waals surface area contributed by atoms with Gasteiger partial charge < -0.3 is 10.4 Å². The van der Waals surface area contributed by atoms with Crippen molar-refractivity contribution in [2.75, 3.05) is 0 Å². The molecule has 7 heteroatoms. The van der Waals surface area contributed by atoms with Crippen LogP contribution in [0.3, 0.4) is 0 Å². The summed E-state index contributed by atoms with van der Waals surface area (Å²) in [5.41, 5.74) is 3.26. The molecule has 2 heterocycles. The van der Waals surface area contributed by atoms with Crippen LogP contribution in [0.15, 0.2) is 18.3 Å². The number of aryl methyl sites for hydroxylation is 2. The van der Waals surface area contributed by atoms with E-state index in [-0.39, 0.29) is 23.2 Å². The van der Waals surface area contributed by atoms with Crippen molar-refractivity contribution in [3.8, 4) is 0 Å². The number of nitrogens with one attached hydrogen (secondary N) is 1. The molecule has 0 radical (unpaired) electrons. The first-order chi connectivity index (χ1) is 10.8. The highest BCUT2D eigenvalue weighted by Gasteiger charge is 2.16. The lowest BCUT2D eigenvalue weighted by atomic mass is 10.0. The van der Waals surface area contributed by atoms with Crippen LogP contribution in [0.5, 0.6) is 0 Å². The molecule has 1 unspecified atom stereocenters. The van der Waals surface area contributed by atoms with Crippen LogP contribution >= 0.6 is 0 Å². The summed E-state index contributed by atoms with van der Waals surface area (Å²) in [5.74, 6) is -1.48. The summed E-state index contributed by atoms with van der Waals surface area (Å²) >= 11 is 0. The maximum atomic E-state index is 12.2. The zero-order valence-corrected chi connectivity index (χ0v) is 13.6. The minimum Gasteiger partial charge on any atom is -0.477 e. The molecule has 0 aliphatic rings. The third-order valence-corrected chi connectivity index (χ3v) is 3.79. The van der Waals surface area contributed by atoms with Crippen molar-refractivity contribution in [1.29, 1.82) is 0 Å². The van der Waals surface area contributed by atoms with Crippen molar-refractivity contribution in [1.82, 2.24) is 20.1 Å². The number of aromatic nitrogens is 3. The highest BCUT2D eigenvalue weighted by atomic mass is 16.4. The van der Waals surface area contributed by atoms with Crippen molar-refractivity contribution in [3.63, 3.8) is 0 Å². The molecule has 0 aliphatic carbocycles. The summed E-state index contributed by atoms with van der Waals surface area (Å²) in [6, 6.07) is 2.66. The molecule has 2 aromatic rings. The molecule has 0 spiro atoms. The number of carboxylic acids is 1. The van der Waals surface area contributed by atoms with Gasteiger partial charge in [0.25, 0.3) is 5.91 Å². The predicted molar refractivity (Wildman–Crippen MR) is 84.5 cm³/mol. The lowest BCUT2D eigenvalue weighted by Crippen LogP contribution is -2.34. The van der Waals surface area contributed by atoms with Gasteiger partial charge >= 0.3 is 5.97 Å². The quantitative estimate of drug-likeness (QED) is 0.871. The van der Waals surface area contributed by atoms with Crippen LogP contribution in [0, 0.1) is 13.8 Å².